The first-order valence-corrected chi connectivity index (χ1v) is 9.42. The summed E-state index contributed by atoms with van der Waals surface area (Å²) in [4.78, 5) is 17.6. The Balaban J connectivity index is 1.52. The molecule has 8 heteroatoms. The van der Waals surface area contributed by atoms with E-state index in [0.29, 0.717) is 11.4 Å². The number of thiazole rings is 1. The molecule has 5 aromatic rings. The van der Waals surface area contributed by atoms with Gasteiger partial charge in [-0.1, -0.05) is 41.3 Å². The number of pyridine rings is 1. The van der Waals surface area contributed by atoms with Crippen LogP contribution in [0.2, 0.25) is 0 Å². The molecule has 6 nitrogen and oxygen atoms in total. The molecule has 4 aromatic heterocycles. The predicted molar refractivity (Wildman–Crippen MR) is 99.4 cm³/mol. The number of hydrogen-bond donors (Lipinski definition) is 0. The molecular formula is C17H11N5OS2. The van der Waals surface area contributed by atoms with Crippen molar-refractivity contribution in [2.24, 2.45) is 0 Å². The van der Waals surface area contributed by atoms with E-state index in [2.05, 4.69) is 31.7 Å². The van der Waals surface area contributed by atoms with Crippen LogP contribution in [0.5, 0.6) is 0 Å². The summed E-state index contributed by atoms with van der Waals surface area (Å²) in [6.07, 6.45) is 1.72. The lowest BCUT2D eigenvalue weighted by Crippen LogP contribution is -2.14. The fourth-order valence-corrected chi connectivity index (χ4v) is 4.62. The lowest BCUT2D eigenvalue weighted by molar-refractivity contribution is 0.937. The summed E-state index contributed by atoms with van der Waals surface area (Å²) in [7, 11) is 0. The molecule has 0 saturated carbocycles. The Morgan fingerprint density at radius 1 is 1.08 bits per heavy atom. The Labute approximate surface area is 149 Å². The van der Waals surface area contributed by atoms with Crippen LogP contribution in [0.3, 0.4) is 0 Å². The van der Waals surface area contributed by atoms with Crippen LogP contribution in [-0.4, -0.2) is 24.0 Å². The average Bonchev–Trinajstić information content (AvgIpc) is 3.19. The highest BCUT2D eigenvalue weighted by Crippen LogP contribution is 2.30. The molecule has 122 valence electrons. The second-order valence-corrected chi connectivity index (χ2v) is 7.43. The van der Waals surface area contributed by atoms with Gasteiger partial charge in [-0.15, -0.1) is 10.2 Å². The molecule has 4 heterocycles. The van der Waals surface area contributed by atoms with E-state index >= 15 is 0 Å². The number of nitrogens with zero attached hydrogens (tertiary/aromatic N) is 5. The number of aromatic nitrogens is 5. The number of para-hydroxylation sites is 1. The van der Waals surface area contributed by atoms with Crippen LogP contribution in [0.15, 0.2) is 64.7 Å². The minimum atomic E-state index is -0.0754. The molecule has 0 bridgehead atoms. The molecule has 0 radical (unpaired) electrons. The van der Waals surface area contributed by atoms with E-state index in [1.807, 2.05) is 30.3 Å². The molecule has 0 saturated heterocycles. The first-order chi connectivity index (χ1) is 12.3. The number of benzene rings is 1. The lowest BCUT2D eigenvalue weighted by Gasteiger charge is -2.03. The van der Waals surface area contributed by atoms with Gasteiger partial charge in [0.05, 0.1) is 15.9 Å². The third-order valence-electron chi connectivity index (χ3n) is 3.88. The minimum Gasteiger partial charge on any atom is -0.269 e. The van der Waals surface area contributed by atoms with Gasteiger partial charge in [-0.3, -0.25) is 13.6 Å². The van der Waals surface area contributed by atoms with Crippen molar-refractivity contribution < 1.29 is 0 Å². The number of thioether (sulfide) groups is 1. The maximum absolute atomic E-state index is 12.2. The molecule has 0 amide bonds. The molecule has 25 heavy (non-hydrogen) atoms. The summed E-state index contributed by atoms with van der Waals surface area (Å²) >= 11 is 3.15. The summed E-state index contributed by atoms with van der Waals surface area (Å²) < 4.78 is 4.77. The summed E-state index contributed by atoms with van der Waals surface area (Å²) in [5, 5.41) is 9.35. The second kappa shape index (κ2) is 5.68. The van der Waals surface area contributed by atoms with Crippen LogP contribution in [-0.2, 0) is 5.75 Å². The van der Waals surface area contributed by atoms with Crippen molar-refractivity contribution in [1.82, 2.24) is 24.0 Å². The third-order valence-corrected chi connectivity index (χ3v) is 5.86. The zero-order valence-electron chi connectivity index (χ0n) is 12.9. The van der Waals surface area contributed by atoms with Gasteiger partial charge in [-0.05, 0) is 24.3 Å². The first-order valence-electron chi connectivity index (χ1n) is 7.62. The van der Waals surface area contributed by atoms with Crippen LogP contribution in [0.1, 0.15) is 5.69 Å². The maximum Gasteiger partial charge on any atom is 0.258 e. The third kappa shape index (κ3) is 2.41. The van der Waals surface area contributed by atoms with Crippen LogP contribution < -0.4 is 5.56 Å². The Hall–Kier alpha value is -2.71. The zero-order chi connectivity index (χ0) is 16.8. The van der Waals surface area contributed by atoms with Crippen molar-refractivity contribution in [3.8, 4) is 0 Å². The summed E-state index contributed by atoms with van der Waals surface area (Å²) in [5.74, 6) is 0.561. The van der Waals surface area contributed by atoms with Gasteiger partial charge < -0.3 is 0 Å². The molecule has 5 rings (SSSR count). The van der Waals surface area contributed by atoms with Gasteiger partial charge in [-0.25, -0.2) is 4.98 Å². The van der Waals surface area contributed by atoms with Gasteiger partial charge in [0, 0.05) is 18.0 Å². The molecule has 1 aromatic carbocycles. The maximum atomic E-state index is 12.2. The van der Waals surface area contributed by atoms with Gasteiger partial charge in [0.25, 0.3) is 5.56 Å². The van der Waals surface area contributed by atoms with Crippen molar-refractivity contribution in [2.75, 3.05) is 0 Å². The van der Waals surface area contributed by atoms with Crippen molar-refractivity contribution in [3.63, 3.8) is 0 Å². The van der Waals surface area contributed by atoms with Crippen LogP contribution in [0.25, 0.3) is 20.8 Å². The molecule has 0 aliphatic rings. The van der Waals surface area contributed by atoms with Gasteiger partial charge in [0.1, 0.15) is 5.65 Å². The van der Waals surface area contributed by atoms with Crippen LogP contribution in [0, 0.1) is 0 Å². The fraction of sp³-hybridized carbons (Fsp3) is 0.0588. The normalized spacial score (nSPS) is 11.7. The first kappa shape index (κ1) is 14.6. The van der Waals surface area contributed by atoms with E-state index in [4.69, 9.17) is 0 Å². The standard InChI is InChI=1S/C17H11N5OS2/c23-15-9-11(18-14-7-3-4-8-21(14)15)10-24-16-19-20-17-22(16)12-5-1-2-6-13(12)25-17/h1-9H,10H2. The van der Waals surface area contributed by atoms with E-state index in [1.54, 1.807) is 23.6 Å². The van der Waals surface area contributed by atoms with Crippen molar-refractivity contribution in [2.45, 2.75) is 10.9 Å². The average molecular weight is 365 g/mol. The van der Waals surface area contributed by atoms with Crippen molar-refractivity contribution in [1.29, 1.82) is 0 Å². The molecule has 0 atom stereocenters. The summed E-state index contributed by atoms with van der Waals surface area (Å²) in [6, 6.07) is 15.3. The highest BCUT2D eigenvalue weighted by atomic mass is 32.2. The predicted octanol–water partition coefficient (Wildman–Crippen LogP) is 3.24. The highest BCUT2D eigenvalue weighted by Gasteiger charge is 2.13. The second-order valence-electron chi connectivity index (χ2n) is 5.47. The van der Waals surface area contributed by atoms with E-state index in [9.17, 15) is 4.79 Å². The minimum absolute atomic E-state index is 0.0754. The Kier molecular flexibility index (Phi) is 3.32. The zero-order valence-corrected chi connectivity index (χ0v) is 14.5. The molecule has 0 spiro atoms. The van der Waals surface area contributed by atoms with Crippen LogP contribution >= 0.6 is 23.1 Å². The Bertz CT molecular complexity index is 1290. The monoisotopic (exact) mass is 365 g/mol. The van der Waals surface area contributed by atoms with Crippen molar-refractivity contribution in [3.05, 3.63) is 70.8 Å². The van der Waals surface area contributed by atoms with E-state index in [0.717, 1.165) is 21.3 Å². The molecule has 0 aliphatic heterocycles. The molecule has 0 fully saturated rings. The Morgan fingerprint density at radius 3 is 2.92 bits per heavy atom. The quantitative estimate of drug-likeness (QED) is 0.459. The fourth-order valence-electron chi connectivity index (χ4n) is 2.76. The smallest absolute Gasteiger partial charge is 0.258 e. The van der Waals surface area contributed by atoms with E-state index in [-0.39, 0.29) is 5.56 Å². The number of fused-ring (bicyclic) bond motifs is 4. The SMILES string of the molecule is O=c1cc(CSc2nnc3sc4ccccc4n23)nc2ccccn12. The van der Waals surface area contributed by atoms with Crippen molar-refractivity contribution >= 4 is 43.9 Å². The number of hydrogen-bond acceptors (Lipinski definition) is 6. The topological polar surface area (TPSA) is 64.6 Å². The Morgan fingerprint density at radius 2 is 1.96 bits per heavy atom. The molecular weight excluding hydrogens is 354 g/mol. The highest BCUT2D eigenvalue weighted by molar-refractivity contribution is 7.98. The molecule has 0 N–H and O–H groups in total. The van der Waals surface area contributed by atoms with E-state index < -0.39 is 0 Å². The van der Waals surface area contributed by atoms with Gasteiger partial charge in [-0.2, -0.15) is 0 Å². The van der Waals surface area contributed by atoms with Gasteiger partial charge in [0.2, 0.25) is 4.96 Å². The molecule has 0 aliphatic carbocycles. The van der Waals surface area contributed by atoms with E-state index in [1.165, 1.54) is 20.9 Å². The largest absolute Gasteiger partial charge is 0.269 e. The number of rotatable bonds is 3. The van der Waals surface area contributed by atoms with Gasteiger partial charge in [0.15, 0.2) is 5.16 Å². The van der Waals surface area contributed by atoms with Crippen LogP contribution in [0.4, 0.5) is 0 Å². The van der Waals surface area contributed by atoms with Gasteiger partial charge >= 0.3 is 0 Å². The summed E-state index contributed by atoms with van der Waals surface area (Å²) in [5.41, 5.74) is 2.41. The lowest BCUT2D eigenvalue weighted by atomic mass is 10.3. The summed E-state index contributed by atoms with van der Waals surface area (Å²) in [6.45, 7) is 0. The molecule has 0 unspecified atom stereocenters.